The fourth-order valence-corrected chi connectivity index (χ4v) is 1.76. The van der Waals surface area contributed by atoms with Gasteiger partial charge in [-0.15, -0.1) is 0 Å². The Morgan fingerprint density at radius 2 is 2.00 bits per heavy atom. The van der Waals surface area contributed by atoms with E-state index in [4.69, 9.17) is 16.3 Å². The lowest BCUT2D eigenvalue weighted by Crippen LogP contribution is -2.52. The van der Waals surface area contributed by atoms with Crippen LogP contribution in [0.5, 0.6) is 5.88 Å². The van der Waals surface area contributed by atoms with E-state index >= 15 is 0 Å². The predicted octanol–water partition coefficient (Wildman–Crippen LogP) is 3.58. The van der Waals surface area contributed by atoms with Crippen molar-refractivity contribution in [2.75, 3.05) is 0 Å². The lowest BCUT2D eigenvalue weighted by Gasteiger charge is -2.28. The van der Waals surface area contributed by atoms with Crippen molar-refractivity contribution in [1.29, 1.82) is 5.26 Å². The number of aromatic nitrogens is 1. The van der Waals surface area contributed by atoms with Crippen LogP contribution in [0.25, 0.3) is 0 Å². The molecular formula is C15H17ClF3N3O2. The second-order valence-electron chi connectivity index (χ2n) is 5.73. The Morgan fingerprint density at radius 1 is 1.42 bits per heavy atom. The minimum Gasteiger partial charge on any atom is -0.463 e. The summed E-state index contributed by atoms with van der Waals surface area (Å²) in [7, 11) is 0. The van der Waals surface area contributed by atoms with Crippen molar-refractivity contribution < 1.29 is 22.7 Å². The average molecular weight is 364 g/mol. The van der Waals surface area contributed by atoms with Crippen LogP contribution >= 0.6 is 11.6 Å². The van der Waals surface area contributed by atoms with Gasteiger partial charge in [0.25, 0.3) is 5.91 Å². The number of nitriles is 1. The third-order valence-corrected chi connectivity index (χ3v) is 3.83. The molecule has 1 amide bonds. The van der Waals surface area contributed by atoms with Crippen molar-refractivity contribution in [3.63, 3.8) is 0 Å². The summed E-state index contributed by atoms with van der Waals surface area (Å²) in [4.78, 5) is 15.6. The molecule has 1 heterocycles. The Hall–Kier alpha value is -2.01. The van der Waals surface area contributed by atoms with E-state index in [1.807, 2.05) is 6.07 Å². The van der Waals surface area contributed by atoms with Gasteiger partial charge in [-0.2, -0.15) is 18.4 Å². The van der Waals surface area contributed by atoms with Gasteiger partial charge in [-0.3, -0.25) is 4.79 Å². The van der Waals surface area contributed by atoms with Crippen LogP contribution in [0.1, 0.15) is 33.3 Å². The van der Waals surface area contributed by atoms with Crippen molar-refractivity contribution in [3.8, 4) is 11.9 Å². The standard InChI is InChI=1S/C15H17ClF3N3O2/c1-8(2)14(4,7-20)22-12(23)9(3)24-13-11(16)5-10(6-21-13)15(17,18)19/h5-6,8-9H,1-4H3,(H,22,23). The number of rotatable bonds is 5. The van der Waals surface area contributed by atoms with Crippen LogP contribution in [0.3, 0.4) is 0 Å². The second kappa shape index (κ2) is 7.26. The Labute approximate surface area is 142 Å². The fraction of sp³-hybridized carbons (Fsp3) is 0.533. The molecule has 5 nitrogen and oxygen atoms in total. The molecule has 0 aliphatic carbocycles. The SMILES string of the molecule is CC(Oc1ncc(C(F)(F)F)cc1Cl)C(=O)NC(C)(C#N)C(C)C. The molecule has 1 aromatic rings. The molecule has 0 aliphatic rings. The van der Waals surface area contributed by atoms with Gasteiger partial charge in [-0.1, -0.05) is 25.4 Å². The highest BCUT2D eigenvalue weighted by atomic mass is 35.5. The number of carbonyl (C=O) groups is 1. The van der Waals surface area contributed by atoms with E-state index in [2.05, 4.69) is 10.3 Å². The number of hydrogen-bond donors (Lipinski definition) is 1. The van der Waals surface area contributed by atoms with E-state index in [0.717, 1.165) is 0 Å². The number of halogens is 4. The van der Waals surface area contributed by atoms with Crippen LogP contribution in [0, 0.1) is 17.2 Å². The van der Waals surface area contributed by atoms with Crippen LogP contribution in [0.2, 0.25) is 5.02 Å². The molecule has 2 atom stereocenters. The third-order valence-electron chi connectivity index (χ3n) is 3.56. The van der Waals surface area contributed by atoms with Gasteiger partial charge in [0.15, 0.2) is 6.10 Å². The lowest BCUT2D eigenvalue weighted by molar-refractivity contribution is -0.138. The van der Waals surface area contributed by atoms with E-state index in [0.29, 0.717) is 12.3 Å². The molecule has 0 bridgehead atoms. The third kappa shape index (κ3) is 4.74. The van der Waals surface area contributed by atoms with Crippen LogP contribution < -0.4 is 10.1 Å². The van der Waals surface area contributed by atoms with Crippen molar-refractivity contribution in [1.82, 2.24) is 10.3 Å². The zero-order valence-electron chi connectivity index (χ0n) is 13.5. The molecule has 9 heteroatoms. The molecule has 0 spiro atoms. The van der Waals surface area contributed by atoms with Crippen LogP contribution in [-0.2, 0) is 11.0 Å². The number of nitrogens with zero attached hydrogens (tertiary/aromatic N) is 2. The summed E-state index contributed by atoms with van der Waals surface area (Å²) in [6.45, 7) is 6.47. The van der Waals surface area contributed by atoms with Crippen LogP contribution in [0.4, 0.5) is 13.2 Å². The van der Waals surface area contributed by atoms with Crippen molar-refractivity contribution in [2.24, 2.45) is 5.92 Å². The number of nitrogens with one attached hydrogen (secondary N) is 1. The quantitative estimate of drug-likeness (QED) is 0.867. The molecule has 0 aromatic carbocycles. The highest BCUT2D eigenvalue weighted by Gasteiger charge is 2.34. The highest BCUT2D eigenvalue weighted by molar-refractivity contribution is 6.31. The second-order valence-corrected chi connectivity index (χ2v) is 6.13. The summed E-state index contributed by atoms with van der Waals surface area (Å²) >= 11 is 5.72. The number of amides is 1. The summed E-state index contributed by atoms with van der Waals surface area (Å²) in [6.07, 6.45) is -5.11. The molecule has 2 unspecified atom stereocenters. The van der Waals surface area contributed by atoms with E-state index in [1.54, 1.807) is 20.8 Å². The predicted molar refractivity (Wildman–Crippen MR) is 81.3 cm³/mol. The Morgan fingerprint density at radius 3 is 2.42 bits per heavy atom. The molecule has 1 N–H and O–H groups in total. The lowest BCUT2D eigenvalue weighted by atomic mass is 9.90. The van der Waals surface area contributed by atoms with Gasteiger partial charge in [0.05, 0.1) is 11.6 Å². The number of carbonyl (C=O) groups excluding carboxylic acids is 1. The maximum absolute atomic E-state index is 12.6. The van der Waals surface area contributed by atoms with Gasteiger partial charge < -0.3 is 10.1 Å². The van der Waals surface area contributed by atoms with E-state index in [9.17, 15) is 23.2 Å². The summed E-state index contributed by atoms with van der Waals surface area (Å²) < 4.78 is 42.9. The van der Waals surface area contributed by atoms with E-state index < -0.39 is 29.3 Å². The maximum Gasteiger partial charge on any atom is 0.417 e. The van der Waals surface area contributed by atoms with Crippen LogP contribution in [-0.4, -0.2) is 22.5 Å². The first-order valence-corrected chi connectivity index (χ1v) is 7.41. The molecule has 0 saturated carbocycles. The smallest absolute Gasteiger partial charge is 0.417 e. The Balaban J connectivity index is 2.87. The van der Waals surface area contributed by atoms with Gasteiger partial charge in [0, 0.05) is 6.20 Å². The van der Waals surface area contributed by atoms with Gasteiger partial charge in [0.2, 0.25) is 5.88 Å². The molecule has 24 heavy (non-hydrogen) atoms. The zero-order chi connectivity index (χ0) is 18.7. The van der Waals surface area contributed by atoms with Crippen LogP contribution in [0.15, 0.2) is 12.3 Å². The van der Waals surface area contributed by atoms with Gasteiger partial charge >= 0.3 is 6.18 Å². The first kappa shape index (κ1) is 20.0. The summed E-state index contributed by atoms with van der Waals surface area (Å²) in [5.41, 5.74) is -2.12. The number of hydrogen-bond acceptors (Lipinski definition) is 4. The summed E-state index contributed by atoms with van der Waals surface area (Å²) in [5, 5.41) is 11.4. The Bertz CT molecular complexity index is 658. The molecule has 1 rings (SSSR count). The monoisotopic (exact) mass is 363 g/mol. The maximum atomic E-state index is 12.6. The molecule has 1 aromatic heterocycles. The summed E-state index contributed by atoms with van der Waals surface area (Å²) in [6, 6.07) is 2.68. The number of pyridine rings is 1. The molecule has 0 aliphatic heterocycles. The van der Waals surface area contributed by atoms with Gasteiger partial charge in [-0.05, 0) is 25.8 Å². The first-order chi connectivity index (χ1) is 10.9. The molecular weight excluding hydrogens is 347 g/mol. The van der Waals surface area contributed by atoms with Gasteiger partial charge in [0.1, 0.15) is 10.6 Å². The minimum absolute atomic E-state index is 0.161. The van der Waals surface area contributed by atoms with E-state index in [1.165, 1.54) is 6.92 Å². The fourth-order valence-electron chi connectivity index (χ4n) is 1.55. The van der Waals surface area contributed by atoms with Crippen molar-refractivity contribution in [2.45, 2.75) is 45.5 Å². The summed E-state index contributed by atoms with van der Waals surface area (Å²) in [5.74, 6) is -1.06. The topological polar surface area (TPSA) is 75.0 Å². The zero-order valence-corrected chi connectivity index (χ0v) is 14.3. The number of ether oxygens (including phenoxy) is 1. The van der Waals surface area contributed by atoms with Gasteiger partial charge in [-0.25, -0.2) is 4.98 Å². The minimum atomic E-state index is -4.58. The average Bonchev–Trinajstić information content (AvgIpc) is 2.47. The largest absolute Gasteiger partial charge is 0.463 e. The highest BCUT2D eigenvalue weighted by Crippen LogP contribution is 2.33. The molecule has 0 radical (unpaired) electrons. The molecule has 0 fully saturated rings. The normalized spacial score (nSPS) is 15.3. The molecule has 0 saturated heterocycles. The number of alkyl halides is 3. The Kier molecular flexibility index (Phi) is 6.06. The van der Waals surface area contributed by atoms with Crippen molar-refractivity contribution >= 4 is 17.5 Å². The van der Waals surface area contributed by atoms with E-state index in [-0.39, 0.29) is 16.8 Å². The molecule has 132 valence electrons. The first-order valence-electron chi connectivity index (χ1n) is 7.03. The van der Waals surface area contributed by atoms with Crippen molar-refractivity contribution in [3.05, 3.63) is 22.8 Å².